The van der Waals surface area contributed by atoms with Gasteiger partial charge in [-0.1, -0.05) is 23.7 Å². The topological polar surface area (TPSA) is 38.1 Å². The molecular weight excluding hydrogens is 260 g/mol. The first kappa shape index (κ1) is 12.1. The molecule has 19 heavy (non-hydrogen) atoms. The minimum absolute atomic E-state index is 0.305. The number of phenols is 1. The van der Waals surface area contributed by atoms with E-state index in [0.29, 0.717) is 10.9 Å². The predicted molar refractivity (Wildman–Crippen MR) is 77.6 cm³/mol. The van der Waals surface area contributed by atoms with Crippen LogP contribution < -0.4 is 0 Å². The standard InChI is InChI=1S/C15H13ClN2O/c1-9-11(4-3-5-14(9)19)12-6-10-7-15(16)17-8-13(10)18(12)2/h3-8,19H,1-2H3. The third kappa shape index (κ3) is 1.87. The summed E-state index contributed by atoms with van der Waals surface area (Å²) in [4.78, 5) is 4.11. The van der Waals surface area contributed by atoms with Crippen LogP contribution in [0.15, 0.2) is 36.5 Å². The van der Waals surface area contributed by atoms with Gasteiger partial charge in [0.25, 0.3) is 0 Å². The molecule has 0 spiro atoms. The zero-order chi connectivity index (χ0) is 13.6. The van der Waals surface area contributed by atoms with Gasteiger partial charge in [0.05, 0.1) is 11.7 Å². The Labute approximate surface area is 116 Å². The predicted octanol–water partition coefficient (Wildman–Crippen LogP) is 3.91. The third-order valence-electron chi connectivity index (χ3n) is 3.48. The maximum atomic E-state index is 9.83. The molecular formula is C15H13ClN2O. The van der Waals surface area contributed by atoms with Gasteiger partial charge in [-0.05, 0) is 25.1 Å². The van der Waals surface area contributed by atoms with E-state index >= 15 is 0 Å². The first-order valence-corrected chi connectivity index (χ1v) is 6.35. The van der Waals surface area contributed by atoms with Crippen LogP contribution >= 0.6 is 11.6 Å². The van der Waals surface area contributed by atoms with Crippen molar-refractivity contribution in [3.63, 3.8) is 0 Å². The van der Waals surface area contributed by atoms with Gasteiger partial charge < -0.3 is 9.67 Å². The number of aromatic nitrogens is 2. The highest BCUT2D eigenvalue weighted by Crippen LogP contribution is 2.33. The minimum atomic E-state index is 0.305. The molecule has 0 aliphatic rings. The summed E-state index contributed by atoms with van der Waals surface area (Å²) < 4.78 is 2.06. The molecule has 0 atom stereocenters. The van der Waals surface area contributed by atoms with E-state index in [4.69, 9.17) is 11.6 Å². The molecule has 0 amide bonds. The van der Waals surface area contributed by atoms with Crippen LogP contribution in [0, 0.1) is 6.92 Å². The normalized spacial score (nSPS) is 11.1. The summed E-state index contributed by atoms with van der Waals surface area (Å²) in [5, 5.41) is 11.4. The minimum Gasteiger partial charge on any atom is -0.508 e. The summed E-state index contributed by atoms with van der Waals surface area (Å²) in [6.07, 6.45) is 1.76. The Balaban J connectivity index is 2.31. The first-order chi connectivity index (χ1) is 9.08. The molecule has 3 rings (SSSR count). The smallest absolute Gasteiger partial charge is 0.129 e. The van der Waals surface area contributed by atoms with E-state index in [1.807, 2.05) is 32.2 Å². The van der Waals surface area contributed by atoms with Crippen molar-refractivity contribution in [3.8, 4) is 17.0 Å². The van der Waals surface area contributed by atoms with E-state index in [1.54, 1.807) is 12.3 Å². The van der Waals surface area contributed by atoms with Gasteiger partial charge in [-0.15, -0.1) is 0 Å². The van der Waals surface area contributed by atoms with Crippen molar-refractivity contribution in [2.75, 3.05) is 0 Å². The summed E-state index contributed by atoms with van der Waals surface area (Å²) in [6, 6.07) is 9.45. The molecule has 0 saturated heterocycles. The van der Waals surface area contributed by atoms with E-state index in [2.05, 4.69) is 15.6 Å². The van der Waals surface area contributed by atoms with E-state index in [0.717, 1.165) is 27.7 Å². The maximum absolute atomic E-state index is 9.83. The Kier molecular flexibility index (Phi) is 2.72. The van der Waals surface area contributed by atoms with Crippen LogP contribution in [0.4, 0.5) is 0 Å². The number of hydrogen-bond acceptors (Lipinski definition) is 2. The molecule has 0 bridgehead atoms. The highest BCUT2D eigenvalue weighted by Gasteiger charge is 2.12. The highest BCUT2D eigenvalue weighted by atomic mass is 35.5. The van der Waals surface area contributed by atoms with Crippen LogP contribution in [-0.2, 0) is 7.05 Å². The fourth-order valence-electron chi connectivity index (χ4n) is 2.37. The molecule has 0 saturated carbocycles. The zero-order valence-corrected chi connectivity index (χ0v) is 11.4. The summed E-state index contributed by atoms with van der Waals surface area (Å²) >= 11 is 5.92. The lowest BCUT2D eigenvalue weighted by Gasteiger charge is -2.09. The van der Waals surface area contributed by atoms with Crippen molar-refractivity contribution >= 4 is 22.5 Å². The highest BCUT2D eigenvalue weighted by molar-refractivity contribution is 6.30. The molecule has 2 heterocycles. The van der Waals surface area contributed by atoms with Gasteiger partial charge in [-0.2, -0.15) is 0 Å². The SMILES string of the molecule is Cc1c(O)cccc1-c1cc2cc(Cl)ncc2n1C. The molecule has 3 nitrogen and oxygen atoms in total. The Bertz CT molecular complexity index is 777. The van der Waals surface area contributed by atoms with Gasteiger partial charge in [-0.25, -0.2) is 4.98 Å². The average Bonchev–Trinajstić information content (AvgIpc) is 2.69. The molecule has 0 aliphatic carbocycles. The zero-order valence-electron chi connectivity index (χ0n) is 10.7. The molecule has 96 valence electrons. The molecule has 0 aliphatic heterocycles. The number of aryl methyl sites for hydroxylation is 1. The van der Waals surface area contributed by atoms with Crippen LogP contribution in [0.5, 0.6) is 5.75 Å². The molecule has 0 unspecified atom stereocenters. The lowest BCUT2D eigenvalue weighted by atomic mass is 10.0. The number of fused-ring (bicyclic) bond motifs is 1. The molecule has 3 aromatic rings. The number of phenolic OH excluding ortho intramolecular Hbond substituents is 1. The molecule has 0 fully saturated rings. The number of rotatable bonds is 1. The largest absolute Gasteiger partial charge is 0.508 e. The van der Waals surface area contributed by atoms with Crippen molar-refractivity contribution in [2.45, 2.75) is 6.92 Å². The van der Waals surface area contributed by atoms with Gasteiger partial charge in [-0.3, -0.25) is 0 Å². The molecule has 2 aromatic heterocycles. The molecule has 1 aromatic carbocycles. The van der Waals surface area contributed by atoms with Gasteiger partial charge in [0, 0.05) is 29.3 Å². The van der Waals surface area contributed by atoms with Gasteiger partial charge in [0.1, 0.15) is 10.9 Å². The molecule has 1 N–H and O–H groups in total. The van der Waals surface area contributed by atoms with Crippen LogP contribution in [0.25, 0.3) is 22.2 Å². The second-order valence-corrected chi connectivity index (χ2v) is 4.99. The summed E-state index contributed by atoms with van der Waals surface area (Å²) in [7, 11) is 1.98. The summed E-state index contributed by atoms with van der Waals surface area (Å²) in [5.74, 6) is 0.305. The third-order valence-corrected chi connectivity index (χ3v) is 3.68. The van der Waals surface area contributed by atoms with Crippen LogP contribution in [0.1, 0.15) is 5.56 Å². The fourth-order valence-corrected chi connectivity index (χ4v) is 2.53. The Morgan fingerprint density at radius 3 is 2.84 bits per heavy atom. The van der Waals surface area contributed by atoms with Gasteiger partial charge in [0.15, 0.2) is 0 Å². The van der Waals surface area contributed by atoms with E-state index in [-0.39, 0.29) is 0 Å². The number of hydrogen-bond donors (Lipinski definition) is 1. The molecule has 0 radical (unpaired) electrons. The van der Waals surface area contributed by atoms with Gasteiger partial charge >= 0.3 is 0 Å². The van der Waals surface area contributed by atoms with Gasteiger partial charge in [0.2, 0.25) is 0 Å². The Morgan fingerprint density at radius 2 is 2.05 bits per heavy atom. The second kappa shape index (κ2) is 4.28. The second-order valence-electron chi connectivity index (χ2n) is 4.60. The Hall–Kier alpha value is -2.00. The number of halogens is 1. The first-order valence-electron chi connectivity index (χ1n) is 5.98. The van der Waals surface area contributed by atoms with Crippen molar-refractivity contribution in [3.05, 3.63) is 47.2 Å². The van der Waals surface area contributed by atoms with Crippen LogP contribution in [-0.4, -0.2) is 14.7 Å². The lowest BCUT2D eigenvalue weighted by molar-refractivity contribution is 0.471. The van der Waals surface area contributed by atoms with Crippen molar-refractivity contribution in [1.82, 2.24) is 9.55 Å². The van der Waals surface area contributed by atoms with Crippen molar-refractivity contribution in [1.29, 1.82) is 0 Å². The summed E-state index contributed by atoms with van der Waals surface area (Å²) in [6.45, 7) is 1.91. The van der Waals surface area contributed by atoms with E-state index < -0.39 is 0 Å². The van der Waals surface area contributed by atoms with E-state index in [9.17, 15) is 5.11 Å². The molecule has 4 heteroatoms. The van der Waals surface area contributed by atoms with Crippen molar-refractivity contribution < 1.29 is 5.11 Å². The van der Waals surface area contributed by atoms with Crippen molar-refractivity contribution in [2.24, 2.45) is 7.05 Å². The van der Waals surface area contributed by atoms with Crippen LogP contribution in [0.2, 0.25) is 5.15 Å². The quantitative estimate of drug-likeness (QED) is 0.682. The Morgan fingerprint density at radius 1 is 1.26 bits per heavy atom. The number of aromatic hydroxyl groups is 1. The maximum Gasteiger partial charge on any atom is 0.129 e. The lowest BCUT2D eigenvalue weighted by Crippen LogP contribution is -1.93. The number of pyridine rings is 1. The number of benzene rings is 1. The van der Waals surface area contributed by atoms with Crippen LogP contribution in [0.3, 0.4) is 0 Å². The monoisotopic (exact) mass is 272 g/mol. The number of nitrogens with zero attached hydrogens (tertiary/aromatic N) is 2. The summed E-state index contributed by atoms with van der Waals surface area (Å²) in [5.41, 5.74) is 3.93. The van der Waals surface area contributed by atoms with E-state index in [1.165, 1.54) is 0 Å². The fraction of sp³-hybridized carbons (Fsp3) is 0.133. The average molecular weight is 273 g/mol.